The van der Waals surface area contributed by atoms with Crippen molar-refractivity contribution in [2.75, 3.05) is 38.7 Å². The molecule has 0 fully saturated rings. The summed E-state index contributed by atoms with van der Waals surface area (Å²) >= 11 is 0. The molecule has 1 aromatic carbocycles. The molecule has 5 heteroatoms. The highest BCUT2D eigenvalue weighted by atomic mass is 16.5. The first-order valence-corrected chi connectivity index (χ1v) is 8.68. The zero-order valence-corrected chi connectivity index (χ0v) is 14.5. The van der Waals surface area contributed by atoms with Crippen molar-refractivity contribution < 1.29 is 14.3 Å². The summed E-state index contributed by atoms with van der Waals surface area (Å²) in [6, 6.07) is 7.36. The predicted octanol–water partition coefficient (Wildman–Crippen LogP) is 3.13. The maximum Gasteiger partial charge on any atom is 0.238 e. The Labute approximate surface area is 144 Å². The van der Waals surface area contributed by atoms with E-state index in [0.717, 1.165) is 24.4 Å². The Morgan fingerprint density at radius 1 is 1.17 bits per heavy atom. The Bertz CT molecular complexity index is 526. The van der Waals surface area contributed by atoms with Crippen molar-refractivity contribution >= 4 is 11.6 Å². The highest BCUT2D eigenvalue weighted by molar-refractivity contribution is 5.92. The molecule has 0 aromatic heterocycles. The molecule has 24 heavy (non-hydrogen) atoms. The van der Waals surface area contributed by atoms with Gasteiger partial charge in [-0.3, -0.25) is 4.79 Å². The average molecular weight is 332 g/mol. The molecule has 0 aliphatic heterocycles. The van der Waals surface area contributed by atoms with E-state index in [0.29, 0.717) is 19.8 Å². The van der Waals surface area contributed by atoms with Gasteiger partial charge in [0.1, 0.15) is 12.4 Å². The van der Waals surface area contributed by atoms with Crippen LogP contribution in [0.2, 0.25) is 0 Å². The number of hydrogen-bond donors (Lipinski definition) is 2. The lowest BCUT2D eigenvalue weighted by Crippen LogP contribution is -2.29. The molecule has 2 N–H and O–H groups in total. The molecule has 132 valence electrons. The smallest absolute Gasteiger partial charge is 0.238 e. The van der Waals surface area contributed by atoms with E-state index in [4.69, 9.17) is 9.47 Å². The number of methoxy groups -OCH3 is 1. The highest BCUT2D eigenvalue weighted by Gasteiger charge is 2.05. The fourth-order valence-electron chi connectivity index (χ4n) is 2.67. The van der Waals surface area contributed by atoms with Gasteiger partial charge in [-0.25, -0.2) is 0 Å². The van der Waals surface area contributed by atoms with Crippen LogP contribution in [0.5, 0.6) is 5.75 Å². The molecular formula is C19H28N2O3. The van der Waals surface area contributed by atoms with Crippen LogP contribution in [0.25, 0.3) is 0 Å². The van der Waals surface area contributed by atoms with Crippen molar-refractivity contribution in [3.8, 4) is 5.75 Å². The molecule has 2 rings (SSSR count). The van der Waals surface area contributed by atoms with Crippen LogP contribution in [-0.2, 0) is 9.53 Å². The molecular weight excluding hydrogens is 304 g/mol. The highest BCUT2D eigenvalue weighted by Crippen LogP contribution is 2.19. The van der Waals surface area contributed by atoms with Crippen LogP contribution in [0.3, 0.4) is 0 Å². The molecule has 0 bridgehead atoms. The third-order valence-electron chi connectivity index (χ3n) is 3.99. The second-order valence-corrected chi connectivity index (χ2v) is 5.95. The fraction of sp³-hybridized carbons (Fsp3) is 0.526. The standard InChI is InChI=1S/C19H28N2O3/c1-23-13-14-24-18-9-7-17(8-10-18)21-19(22)15-20-12-11-16-5-3-2-4-6-16/h5,7-10,20H,2-4,6,11-15H2,1H3,(H,21,22). The molecule has 1 amide bonds. The number of carbonyl (C=O) groups excluding carboxylic acids is 1. The Morgan fingerprint density at radius 2 is 2.00 bits per heavy atom. The molecule has 1 aliphatic carbocycles. The predicted molar refractivity (Wildman–Crippen MR) is 96.5 cm³/mol. The second-order valence-electron chi connectivity index (χ2n) is 5.95. The van der Waals surface area contributed by atoms with Gasteiger partial charge in [-0.15, -0.1) is 0 Å². The van der Waals surface area contributed by atoms with Gasteiger partial charge in [0.2, 0.25) is 5.91 Å². The van der Waals surface area contributed by atoms with Crippen LogP contribution in [0.15, 0.2) is 35.9 Å². The van der Waals surface area contributed by atoms with Gasteiger partial charge in [-0.2, -0.15) is 0 Å². The molecule has 0 radical (unpaired) electrons. The number of rotatable bonds is 10. The maximum absolute atomic E-state index is 11.9. The third kappa shape index (κ3) is 7.15. The quantitative estimate of drug-likeness (QED) is 0.510. The van der Waals surface area contributed by atoms with E-state index >= 15 is 0 Å². The number of carbonyl (C=O) groups is 1. The van der Waals surface area contributed by atoms with Crippen LogP contribution < -0.4 is 15.4 Å². The third-order valence-corrected chi connectivity index (χ3v) is 3.99. The number of nitrogens with one attached hydrogen (secondary N) is 2. The van der Waals surface area contributed by atoms with Crippen molar-refractivity contribution in [2.24, 2.45) is 0 Å². The first-order chi connectivity index (χ1) is 11.8. The number of benzene rings is 1. The molecule has 5 nitrogen and oxygen atoms in total. The lowest BCUT2D eigenvalue weighted by molar-refractivity contribution is -0.115. The van der Waals surface area contributed by atoms with Gasteiger partial charge in [0.25, 0.3) is 0 Å². The van der Waals surface area contributed by atoms with Crippen LogP contribution in [0.4, 0.5) is 5.69 Å². The number of allylic oxidation sites excluding steroid dienone is 1. The largest absolute Gasteiger partial charge is 0.491 e. The minimum Gasteiger partial charge on any atom is -0.491 e. The Kier molecular flexibility index (Phi) is 8.35. The first-order valence-electron chi connectivity index (χ1n) is 8.68. The van der Waals surface area contributed by atoms with Crippen molar-refractivity contribution in [3.63, 3.8) is 0 Å². The summed E-state index contributed by atoms with van der Waals surface area (Å²) < 4.78 is 10.4. The van der Waals surface area contributed by atoms with Crippen LogP contribution in [0, 0.1) is 0 Å². The number of anilines is 1. The number of amides is 1. The monoisotopic (exact) mass is 332 g/mol. The molecule has 1 aromatic rings. The summed E-state index contributed by atoms with van der Waals surface area (Å²) in [7, 11) is 1.64. The topological polar surface area (TPSA) is 59.6 Å². The van der Waals surface area contributed by atoms with E-state index < -0.39 is 0 Å². The Hall–Kier alpha value is -1.85. The van der Waals surface area contributed by atoms with Crippen molar-refractivity contribution in [1.29, 1.82) is 0 Å². The van der Waals surface area contributed by atoms with Gasteiger partial charge < -0.3 is 20.1 Å². The SMILES string of the molecule is COCCOc1ccc(NC(=O)CNCCC2=CCCCC2)cc1. The fourth-order valence-corrected chi connectivity index (χ4v) is 2.67. The van der Waals surface area contributed by atoms with Gasteiger partial charge >= 0.3 is 0 Å². The zero-order valence-electron chi connectivity index (χ0n) is 14.5. The van der Waals surface area contributed by atoms with E-state index in [1.54, 1.807) is 7.11 Å². The molecule has 0 saturated heterocycles. The normalized spacial score (nSPS) is 14.1. The van der Waals surface area contributed by atoms with Crippen LogP contribution in [0.1, 0.15) is 32.1 Å². The minimum atomic E-state index is -0.0272. The average Bonchev–Trinajstić information content (AvgIpc) is 2.61. The molecule has 0 saturated carbocycles. The molecule has 0 atom stereocenters. The second kappa shape index (κ2) is 10.8. The van der Waals surface area contributed by atoms with Gasteiger partial charge in [-0.05, 0) is 62.9 Å². The van der Waals surface area contributed by atoms with Gasteiger partial charge in [0.15, 0.2) is 0 Å². The van der Waals surface area contributed by atoms with Gasteiger partial charge in [-0.1, -0.05) is 11.6 Å². The molecule has 0 heterocycles. The van der Waals surface area contributed by atoms with Crippen molar-refractivity contribution in [3.05, 3.63) is 35.9 Å². The summed E-state index contributed by atoms with van der Waals surface area (Å²) in [5.41, 5.74) is 2.30. The van der Waals surface area contributed by atoms with E-state index in [-0.39, 0.29) is 5.91 Å². The number of ether oxygens (including phenoxy) is 2. The van der Waals surface area contributed by atoms with Gasteiger partial charge in [0, 0.05) is 12.8 Å². The summed E-state index contributed by atoms with van der Waals surface area (Å²) in [4.78, 5) is 11.9. The van der Waals surface area contributed by atoms with Crippen molar-refractivity contribution in [2.45, 2.75) is 32.1 Å². The first kappa shape index (κ1) is 18.5. The zero-order chi connectivity index (χ0) is 17.0. The number of hydrogen-bond acceptors (Lipinski definition) is 4. The summed E-state index contributed by atoms with van der Waals surface area (Å²) in [6.07, 6.45) is 8.43. The summed E-state index contributed by atoms with van der Waals surface area (Å²) in [6.45, 7) is 2.26. The van der Waals surface area contributed by atoms with Crippen LogP contribution in [-0.4, -0.2) is 39.3 Å². The summed E-state index contributed by atoms with van der Waals surface area (Å²) in [5, 5.41) is 6.09. The van der Waals surface area contributed by atoms with E-state index in [1.807, 2.05) is 24.3 Å². The minimum absolute atomic E-state index is 0.0272. The van der Waals surface area contributed by atoms with Crippen molar-refractivity contribution in [1.82, 2.24) is 5.32 Å². The van der Waals surface area contributed by atoms with Crippen LogP contribution >= 0.6 is 0 Å². The maximum atomic E-state index is 11.9. The van der Waals surface area contributed by atoms with Gasteiger partial charge in [0.05, 0.1) is 13.2 Å². The Balaban J connectivity index is 1.62. The lowest BCUT2D eigenvalue weighted by atomic mass is 9.97. The van der Waals surface area contributed by atoms with E-state index in [1.165, 1.54) is 31.3 Å². The Morgan fingerprint density at radius 3 is 2.71 bits per heavy atom. The molecule has 1 aliphatic rings. The summed E-state index contributed by atoms with van der Waals surface area (Å²) in [5.74, 6) is 0.740. The van der Waals surface area contributed by atoms with E-state index in [2.05, 4.69) is 16.7 Å². The molecule has 0 unspecified atom stereocenters. The van der Waals surface area contributed by atoms with E-state index in [9.17, 15) is 4.79 Å². The lowest BCUT2D eigenvalue weighted by Gasteiger charge is -2.13. The molecule has 0 spiro atoms.